The summed E-state index contributed by atoms with van der Waals surface area (Å²) in [5.74, 6) is -5.55. The third kappa shape index (κ3) is 6.61. The molecule has 15 nitrogen and oxygen atoms in total. The van der Waals surface area contributed by atoms with Crippen LogP contribution < -0.4 is 5.32 Å². The fourth-order valence-electron chi connectivity index (χ4n) is 3.05. The normalized spacial score (nSPS) is 31.5. The van der Waals surface area contributed by atoms with E-state index < -0.39 is 92.2 Å². The summed E-state index contributed by atoms with van der Waals surface area (Å²) >= 11 is 0. The van der Waals surface area contributed by atoms with Gasteiger partial charge in [-0.05, 0) is 0 Å². The maximum Gasteiger partial charge on any atom is 0.367 e. The van der Waals surface area contributed by atoms with Crippen LogP contribution in [-0.2, 0) is 23.9 Å². The lowest BCUT2D eigenvalue weighted by molar-refractivity contribution is -0.299. The highest BCUT2D eigenvalue weighted by atomic mass is 16.7. The summed E-state index contributed by atoms with van der Waals surface area (Å²) in [5.41, 5.74) is 0. The SMILES string of the molecule is CC(=O)N[C@H]1[C@H]([C@H](O)[C@H](O)CO)O[C@](O)(C(=O)O[C@@H](C=O)[C@@H](O)[C@@H](O)[C@H](O)CO)C[C@@H]1O. The number of esters is 1. The largest absolute Gasteiger partial charge is 0.448 e. The predicted octanol–water partition coefficient (Wildman–Crippen LogP) is -6.77. The Bertz CT molecular complexity index is 649. The van der Waals surface area contributed by atoms with E-state index in [1.807, 2.05) is 0 Å². The summed E-state index contributed by atoms with van der Waals surface area (Å²) in [6.45, 7) is -0.943. The van der Waals surface area contributed by atoms with Gasteiger partial charge in [-0.2, -0.15) is 0 Å². The van der Waals surface area contributed by atoms with Crippen molar-refractivity contribution in [1.82, 2.24) is 5.32 Å². The molecule has 0 radical (unpaired) electrons. The van der Waals surface area contributed by atoms with Crippen LogP contribution in [-0.4, -0.2) is 138 Å². The number of hydrogen-bond acceptors (Lipinski definition) is 14. The standard InChI is InChI=1S/C17H29NO14/c1-6(22)18-11-7(23)2-17(30,32-15(11)13(27)9(25)4-20)16(29)31-10(5-21)14(28)12(26)8(24)3-19/h5,7-15,19-20,23-28,30H,2-4H2,1H3,(H,18,22)/t7-,8+,9+,10-,11+,12-,13+,14+,15+,17-/m0/s1. The molecule has 1 saturated heterocycles. The van der Waals surface area contributed by atoms with Gasteiger partial charge in [-0.25, -0.2) is 4.79 Å². The molecule has 1 rings (SSSR count). The lowest BCUT2D eigenvalue weighted by Gasteiger charge is -2.45. The number of ether oxygens (including phenoxy) is 2. The summed E-state index contributed by atoms with van der Waals surface area (Å²) in [6, 6.07) is -1.45. The number of carbonyl (C=O) groups is 3. The Balaban J connectivity index is 3.12. The van der Waals surface area contributed by atoms with Crippen LogP contribution in [0.2, 0.25) is 0 Å². The fraction of sp³-hybridized carbons (Fsp3) is 0.824. The molecule has 0 bridgehead atoms. The predicted molar refractivity (Wildman–Crippen MR) is 98.2 cm³/mol. The topological polar surface area (TPSA) is 264 Å². The highest BCUT2D eigenvalue weighted by molar-refractivity contribution is 5.80. The summed E-state index contributed by atoms with van der Waals surface area (Å²) < 4.78 is 9.72. The molecular formula is C17H29NO14. The van der Waals surface area contributed by atoms with Crippen molar-refractivity contribution in [2.45, 2.75) is 74.0 Å². The minimum atomic E-state index is -3.07. The molecular weight excluding hydrogens is 442 g/mol. The van der Waals surface area contributed by atoms with Crippen molar-refractivity contribution in [2.75, 3.05) is 13.2 Å². The second-order valence-corrected chi connectivity index (χ2v) is 7.34. The molecule has 0 unspecified atom stereocenters. The lowest BCUT2D eigenvalue weighted by atomic mass is 9.88. The first-order chi connectivity index (χ1) is 14.8. The molecule has 1 aliphatic rings. The van der Waals surface area contributed by atoms with Gasteiger partial charge in [0.15, 0.2) is 12.4 Å². The number of carbonyl (C=O) groups excluding carboxylic acids is 3. The van der Waals surface area contributed by atoms with Crippen LogP contribution in [0.3, 0.4) is 0 Å². The number of aliphatic hydroxyl groups excluding tert-OH is 8. The summed E-state index contributed by atoms with van der Waals surface area (Å²) in [5, 5.41) is 89.8. The van der Waals surface area contributed by atoms with Gasteiger partial charge in [0.2, 0.25) is 5.91 Å². The molecule has 1 fully saturated rings. The number of aldehydes is 1. The number of hydrogen-bond donors (Lipinski definition) is 10. The van der Waals surface area contributed by atoms with Crippen LogP contribution in [0.25, 0.3) is 0 Å². The first-order valence-electron chi connectivity index (χ1n) is 9.46. The van der Waals surface area contributed by atoms with Crippen LogP contribution in [0.1, 0.15) is 13.3 Å². The van der Waals surface area contributed by atoms with Crippen molar-refractivity contribution < 1.29 is 69.8 Å². The van der Waals surface area contributed by atoms with Crippen molar-refractivity contribution in [3.8, 4) is 0 Å². The highest BCUT2D eigenvalue weighted by Gasteiger charge is 2.55. The Morgan fingerprint density at radius 2 is 1.69 bits per heavy atom. The van der Waals surface area contributed by atoms with Crippen LogP contribution in [0.15, 0.2) is 0 Å². The second kappa shape index (κ2) is 11.9. The van der Waals surface area contributed by atoms with Crippen LogP contribution in [0.4, 0.5) is 0 Å². The van der Waals surface area contributed by atoms with Crippen LogP contribution in [0, 0.1) is 0 Å². The molecule has 0 saturated carbocycles. The van der Waals surface area contributed by atoms with Crippen molar-refractivity contribution in [1.29, 1.82) is 0 Å². The highest BCUT2D eigenvalue weighted by Crippen LogP contribution is 2.31. The van der Waals surface area contributed by atoms with E-state index in [-0.39, 0.29) is 6.29 Å². The number of rotatable bonds is 11. The maximum absolute atomic E-state index is 12.5. The maximum atomic E-state index is 12.5. The molecule has 1 aliphatic heterocycles. The van der Waals surface area contributed by atoms with Crippen LogP contribution in [0.5, 0.6) is 0 Å². The van der Waals surface area contributed by atoms with Crippen molar-refractivity contribution >= 4 is 18.2 Å². The Hall–Kier alpha value is -1.79. The van der Waals surface area contributed by atoms with E-state index in [1.165, 1.54) is 0 Å². The van der Waals surface area contributed by atoms with E-state index in [0.29, 0.717) is 0 Å². The second-order valence-electron chi connectivity index (χ2n) is 7.34. The zero-order valence-corrected chi connectivity index (χ0v) is 17.0. The van der Waals surface area contributed by atoms with E-state index in [4.69, 9.17) is 14.9 Å². The van der Waals surface area contributed by atoms with Gasteiger partial charge in [0, 0.05) is 13.3 Å². The molecule has 15 heteroatoms. The van der Waals surface area contributed by atoms with E-state index in [0.717, 1.165) is 6.92 Å². The Morgan fingerprint density at radius 3 is 2.16 bits per heavy atom. The Kier molecular flexibility index (Phi) is 10.5. The number of aliphatic hydroxyl groups is 9. The summed E-state index contributed by atoms with van der Waals surface area (Å²) in [4.78, 5) is 35.1. The molecule has 0 aliphatic carbocycles. The zero-order valence-electron chi connectivity index (χ0n) is 17.0. The molecule has 0 aromatic carbocycles. The Morgan fingerprint density at radius 1 is 1.12 bits per heavy atom. The van der Waals surface area contributed by atoms with Gasteiger partial charge < -0.3 is 60.7 Å². The molecule has 32 heavy (non-hydrogen) atoms. The molecule has 10 atom stereocenters. The lowest BCUT2D eigenvalue weighted by Crippen LogP contribution is -2.67. The smallest absolute Gasteiger partial charge is 0.367 e. The van der Waals surface area contributed by atoms with E-state index >= 15 is 0 Å². The molecule has 1 heterocycles. The van der Waals surface area contributed by atoms with Gasteiger partial charge in [0.05, 0.1) is 25.4 Å². The van der Waals surface area contributed by atoms with Gasteiger partial charge in [-0.15, -0.1) is 0 Å². The minimum absolute atomic E-state index is 0.152. The molecule has 0 aromatic rings. The van der Waals surface area contributed by atoms with E-state index in [2.05, 4.69) is 10.1 Å². The quantitative estimate of drug-likeness (QED) is 0.0991. The first-order valence-corrected chi connectivity index (χ1v) is 9.46. The van der Waals surface area contributed by atoms with Gasteiger partial charge in [-0.3, -0.25) is 9.59 Å². The van der Waals surface area contributed by atoms with Crippen molar-refractivity contribution in [3.63, 3.8) is 0 Å². The van der Waals surface area contributed by atoms with E-state index in [9.17, 15) is 50.1 Å². The monoisotopic (exact) mass is 471 g/mol. The van der Waals surface area contributed by atoms with Gasteiger partial charge in [0.25, 0.3) is 5.79 Å². The average Bonchev–Trinajstić information content (AvgIpc) is 2.75. The summed E-state index contributed by atoms with van der Waals surface area (Å²) in [7, 11) is 0. The molecule has 0 spiro atoms. The molecule has 0 aromatic heterocycles. The number of amides is 1. The van der Waals surface area contributed by atoms with Crippen molar-refractivity contribution in [3.05, 3.63) is 0 Å². The third-order valence-electron chi connectivity index (χ3n) is 4.84. The van der Waals surface area contributed by atoms with Gasteiger partial charge in [0.1, 0.15) is 36.6 Å². The summed E-state index contributed by atoms with van der Waals surface area (Å²) in [6.07, 6.45) is -17.1. The fourth-order valence-corrected chi connectivity index (χ4v) is 3.05. The Labute approximate surface area is 181 Å². The zero-order chi connectivity index (χ0) is 24.8. The minimum Gasteiger partial charge on any atom is -0.448 e. The average molecular weight is 471 g/mol. The van der Waals surface area contributed by atoms with Gasteiger partial charge >= 0.3 is 5.97 Å². The number of nitrogens with one attached hydrogen (secondary N) is 1. The van der Waals surface area contributed by atoms with Gasteiger partial charge in [-0.1, -0.05) is 0 Å². The molecule has 1 amide bonds. The first kappa shape index (κ1) is 28.2. The third-order valence-corrected chi connectivity index (χ3v) is 4.84. The van der Waals surface area contributed by atoms with Crippen molar-refractivity contribution in [2.24, 2.45) is 0 Å². The van der Waals surface area contributed by atoms with Crippen LogP contribution >= 0.6 is 0 Å². The molecule has 10 N–H and O–H groups in total. The molecule has 186 valence electrons. The van der Waals surface area contributed by atoms with E-state index in [1.54, 1.807) is 0 Å².